The minimum absolute atomic E-state index is 0.0457. The van der Waals surface area contributed by atoms with Gasteiger partial charge in [0.15, 0.2) is 5.65 Å². The normalized spacial score (nSPS) is 24.5. The molecule has 0 bridgehead atoms. The topological polar surface area (TPSA) is 62.5 Å². The molecule has 2 aromatic rings. The van der Waals surface area contributed by atoms with Crippen LogP contribution in [0.25, 0.3) is 5.65 Å². The molecule has 1 aliphatic heterocycles. The predicted molar refractivity (Wildman–Crippen MR) is 93.3 cm³/mol. The SMILES string of the molecule is CC1CCC(NC(=O)c2cnn3ccc(N4CCCC4)nc23)CC1. The number of amides is 1. The van der Waals surface area contributed by atoms with Gasteiger partial charge in [-0.2, -0.15) is 5.10 Å². The highest BCUT2D eigenvalue weighted by Gasteiger charge is 2.23. The summed E-state index contributed by atoms with van der Waals surface area (Å²) in [7, 11) is 0. The Morgan fingerprint density at radius 1 is 1.21 bits per heavy atom. The summed E-state index contributed by atoms with van der Waals surface area (Å²) in [5.41, 5.74) is 1.23. The van der Waals surface area contributed by atoms with Crippen molar-refractivity contribution in [2.75, 3.05) is 18.0 Å². The fraction of sp³-hybridized carbons (Fsp3) is 0.611. The van der Waals surface area contributed by atoms with Crippen LogP contribution in [0.4, 0.5) is 5.82 Å². The summed E-state index contributed by atoms with van der Waals surface area (Å²) in [5.74, 6) is 1.68. The Balaban J connectivity index is 1.54. The molecule has 1 N–H and O–H groups in total. The highest BCUT2D eigenvalue weighted by molar-refractivity contribution is 5.99. The van der Waals surface area contributed by atoms with Gasteiger partial charge >= 0.3 is 0 Å². The standard InChI is InChI=1S/C18H25N5O/c1-13-4-6-14(7-5-13)20-18(24)15-12-19-23-11-8-16(21-17(15)23)22-9-2-3-10-22/h8,11-14H,2-7,9-10H2,1H3,(H,20,24). The zero-order valence-corrected chi connectivity index (χ0v) is 14.2. The first-order valence-corrected chi connectivity index (χ1v) is 9.11. The number of fused-ring (bicyclic) bond motifs is 1. The van der Waals surface area contributed by atoms with Gasteiger partial charge in [0, 0.05) is 25.3 Å². The summed E-state index contributed by atoms with van der Waals surface area (Å²) in [6.07, 6.45) is 10.5. The molecular formula is C18H25N5O. The molecule has 0 spiro atoms. The molecule has 1 amide bonds. The monoisotopic (exact) mass is 327 g/mol. The highest BCUT2D eigenvalue weighted by Crippen LogP contribution is 2.24. The maximum absolute atomic E-state index is 12.7. The second kappa shape index (κ2) is 6.42. The van der Waals surface area contributed by atoms with E-state index in [9.17, 15) is 4.79 Å². The average Bonchev–Trinajstić information content (AvgIpc) is 3.25. The fourth-order valence-corrected chi connectivity index (χ4v) is 3.81. The third-order valence-corrected chi connectivity index (χ3v) is 5.38. The maximum atomic E-state index is 12.7. The summed E-state index contributed by atoms with van der Waals surface area (Å²) in [4.78, 5) is 19.7. The second-order valence-corrected chi connectivity index (χ2v) is 7.24. The zero-order valence-electron chi connectivity index (χ0n) is 14.2. The van der Waals surface area contributed by atoms with Crippen molar-refractivity contribution in [3.63, 3.8) is 0 Å². The first kappa shape index (κ1) is 15.4. The van der Waals surface area contributed by atoms with E-state index in [1.54, 1.807) is 10.7 Å². The van der Waals surface area contributed by atoms with Crippen molar-refractivity contribution in [3.8, 4) is 0 Å². The minimum Gasteiger partial charge on any atom is -0.357 e. The molecule has 0 radical (unpaired) electrons. The van der Waals surface area contributed by atoms with Gasteiger partial charge in [0.1, 0.15) is 11.4 Å². The van der Waals surface area contributed by atoms with Crippen molar-refractivity contribution in [2.24, 2.45) is 5.92 Å². The van der Waals surface area contributed by atoms with Crippen LogP contribution in [0, 0.1) is 5.92 Å². The Bertz CT molecular complexity index is 726. The van der Waals surface area contributed by atoms with E-state index in [4.69, 9.17) is 4.98 Å². The van der Waals surface area contributed by atoms with E-state index in [1.165, 1.54) is 25.7 Å². The van der Waals surface area contributed by atoms with Gasteiger partial charge in [-0.25, -0.2) is 9.50 Å². The molecular weight excluding hydrogens is 302 g/mol. The lowest BCUT2D eigenvalue weighted by molar-refractivity contribution is 0.0924. The predicted octanol–water partition coefficient (Wildman–Crippen LogP) is 2.64. The number of carbonyl (C=O) groups excluding carboxylic acids is 1. The van der Waals surface area contributed by atoms with Crippen LogP contribution in [0.2, 0.25) is 0 Å². The molecule has 6 nitrogen and oxygen atoms in total. The molecule has 2 aliphatic rings. The molecule has 3 heterocycles. The molecule has 0 aromatic carbocycles. The number of carbonyl (C=O) groups is 1. The summed E-state index contributed by atoms with van der Waals surface area (Å²) < 4.78 is 1.69. The quantitative estimate of drug-likeness (QED) is 0.941. The van der Waals surface area contributed by atoms with Gasteiger partial charge in [-0.3, -0.25) is 4.79 Å². The lowest BCUT2D eigenvalue weighted by atomic mass is 9.87. The van der Waals surface area contributed by atoms with Crippen molar-refractivity contribution in [3.05, 3.63) is 24.0 Å². The van der Waals surface area contributed by atoms with E-state index in [0.717, 1.165) is 37.7 Å². The summed E-state index contributed by atoms with van der Waals surface area (Å²) in [6, 6.07) is 2.26. The van der Waals surface area contributed by atoms with Crippen molar-refractivity contribution in [1.29, 1.82) is 0 Å². The van der Waals surface area contributed by atoms with Crippen LogP contribution in [0.15, 0.2) is 18.5 Å². The minimum atomic E-state index is -0.0457. The third-order valence-electron chi connectivity index (χ3n) is 5.38. The number of rotatable bonds is 3. The average molecular weight is 327 g/mol. The van der Waals surface area contributed by atoms with Crippen molar-refractivity contribution >= 4 is 17.4 Å². The number of anilines is 1. The van der Waals surface area contributed by atoms with Crippen LogP contribution in [0.5, 0.6) is 0 Å². The molecule has 24 heavy (non-hydrogen) atoms. The molecule has 1 saturated carbocycles. The molecule has 6 heteroatoms. The van der Waals surface area contributed by atoms with E-state index in [1.807, 2.05) is 12.3 Å². The van der Waals surface area contributed by atoms with Crippen LogP contribution < -0.4 is 10.2 Å². The van der Waals surface area contributed by atoms with E-state index < -0.39 is 0 Å². The number of aromatic nitrogens is 3. The Hall–Kier alpha value is -2.11. The Kier molecular flexibility index (Phi) is 4.12. The van der Waals surface area contributed by atoms with Crippen LogP contribution in [-0.4, -0.2) is 39.6 Å². The Labute approximate surface area is 142 Å². The molecule has 1 aliphatic carbocycles. The van der Waals surface area contributed by atoms with Crippen molar-refractivity contribution in [2.45, 2.75) is 51.5 Å². The molecule has 1 saturated heterocycles. The molecule has 0 atom stereocenters. The number of hydrogen-bond donors (Lipinski definition) is 1. The van der Waals surface area contributed by atoms with Gasteiger partial charge in [0.25, 0.3) is 5.91 Å². The smallest absolute Gasteiger partial charge is 0.256 e. The van der Waals surface area contributed by atoms with Crippen LogP contribution in [-0.2, 0) is 0 Å². The van der Waals surface area contributed by atoms with Crippen LogP contribution >= 0.6 is 0 Å². The third kappa shape index (κ3) is 2.97. The number of nitrogens with one attached hydrogen (secondary N) is 1. The number of hydrogen-bond acceptors (Lipinski definition) is 4. The molecule has 2 aromatic heterocycles. The summed E-state index contributed by atoms with van der Waals surface area (Å²) in [6.45, 7) is 4.37. The molecule has 4 rings (SSSR count). The van der Waals surface area contributed by atoms with Gasteiger partial charge in [0.05, 0.1) is 6.20 Å². The van der Waals surface area contributed by atoms with E-state index >= 15 is 0 Å². The highest BCUT2D eigenvalue weighted by atomic mass is 16.1. The zero-order chi connectivity index (χ0) is 16.5. The Morgan fingerprint density at radius 2 is 1.96 bits per heavy atom. The lowest BCUT2D eigenvalue weighted by Gasteiger charge is -2.26. The lowest BCUT2D eigenvalue weighted by Crippen LogP contribution is -2.37. The van der Waals surface area contributed by atoms with Gasteiger partial charge < -0.3 is 10.2 Å². The van der Waals surface area contributed by atoms with Crippen molar-refractivity contribution in [1.82, 2.24) is 19.9 Å². The summed E-state index contributed by atoms with van der Waals surface area (Å²) >= 11 is 0. The second-order valence-electron chi connectivity index (χ2n) is 7.24. The van der Waals surface area contributed by atoms with E-state index in [-0.39, 0.29) is 11.9 Å². The largest absolute Gasteiger partial charge is 0.357 e. The first-order valence-electron chi connectivity index (χ1n) is 9.11. The number of nitrogens with zero attached hydrogens (tertiary/aromatic N) is 4. The molecule has 0 unspecified atom stereocenters. The maximum Gasteiger partial charge on any atom is 0.256 e. The van der Waals surface area contributed by atoms with Gasteiger partial charge in [-0.15, -0.1) is 0 Å². The first-order chi connectivity index (χ1) is 11.7. The fourth-order valence-electron chi connectivity index (χ4n) is 3.81. The van der Waals surface area contributed by atoms with Gasteiger partial charge in [-0.1, -0.05) is 6.92 Å². The van der Waals surface area contributed by atoms with Crippen molar-refractivity contribution < 1.29 is 4.79 Å². The Morgan fingerprint density at radius 3 is 2.71 bits per heavy atom. The molecule has 128 valence electrons. The van der Waals surface area contributed by atoms with E-state index in [2.05, 4.69) is 22.2 Å². The van der Waals surface area contributed by atoms with Gasteiger partial charge in [0.2, 0.25) is 0 Å². The van der Waals surface area contributed by atoms with E-state index in [0.29, 0.717) is 11.2 Å². The van der Waals surface area contributed by atoms with Gasteiger partial charge in [-0.05, 0) is 50.5 Å². The molecule has 2 fully saturated rings. The van der Waals surface area contributed by atoms with Crippen LogP contribution in [0.3, 0.4) is 0 Å². The summed E-state index contributed by atoms with van der Waals surface area (Å²) in [5, 5.41) is 7.46. The van der Waals surface area contributed by atoms with Crippen LogP contribution in [0.1, 0.15) is 55.8 Å².